The van der Waals surface area contributed by atoms with Crippen LogP contribution in [-0.2, 0) is 4.79 Å². The maximum atomic E-state index is 12.2. The molecule has 5 heteroatoms. The number of carbonyl (C=O) groups is 2. The maximum absolute atomic E-state index is 12.2. The summed E-state index contributed by atoms with van der Waals surface area (Å²) in [6, 6.07) is -0.739. The number of amides is 2. The van der Waals surface area contributed by atoms with E-state index in [0.29, 0.717) is 26.1 Å². The van der Waals surface area contributed by atoms with Crippen LogP contribution in [0.4, 0.5) is 4.79 Å². The van der Waals surface area contributed by atoms with Crippen LogP contribution in [-0.4, -0.2) is 52.6 Å². The van der Waals surface area contributed by atoms with Crippen LogP contribution in [0.25, 0.3) is 0 Å². The first kappa shape index (κ1) is 13.8. The molecular weight excluding hydrogens is 220 g/mol. The molecule has 1 saturated heterocycles. The molecule has 0 aromatic heterocycles. The van der Waals surface area contributed by atoms with Gasteiger partial charge in [0.05, 0.1) is 0 Å². The van der Waals surface area contributed by atoms with E-state index in [9.17, 15) is 9.59 Å². The Balaban J connectivity index is 2.68. The zero-order valence-corrected chi connectivity index (χ0v) is 10.7. The number of rotatable bonds is 5. The molecule has 5 nitrogen and oxygen atoms in total. The van der Waals surface area contributed by atoms with Gasteiger partial charge in [0.25, 0.3) is 0 Å². The van der Waals surface area contributed by atoms with E-state index in [-0.39, 0.29) is 6.03 Å². The number of hydrogen-bond acceptors (Lipinski definition) is 2. The first-order valence-corrected chi connectivity index (χ1v) is 6.40. The quantitative estimate of drug-likeness (QED) is 0.799. The second kappa shape index (κ2) is 6.47. The largest absolute Gasteiger partial charge is 0.480 e. The average Bonchev–Trinajstić information content (AvgIpc) is 2.76. The van der Waals surface area contributed by atoms with Crippen molar-refractivity contribution in [1.29, 1.82) is 0 Å². The van der Waals surface area contributed by atoms with Gasteiger partial charge in [0, 0.05) is 19.6 Å². The van der Waals surface area contributed by atoms with Gasteiger partial charge in [-0.3, -0.25) is 0 Å². The molecule has 0 saturated carbocycles. The molecule has 1 fully saturated rings. The van der Waals surface area contributed by atoms with Crippen LogP contribution in [0, 0.1) is 0 Å². The van der Waals surface area contributed by atoms with Crippen molar-refractivity contribution < 1.29 is 14.7 Å². The summed E-state index contributed by atoms with van der Waals surface area (Å²) >= 11 is 0. The minimum absolute atomic E-state index is 0.112. The van der Waals surface area contributed by atoms with Gasteiger partial charge in [0.1, 0.15) is 6.04 Å². The Hall–Kier alpha value is -1.26. The second-order valence-electron chi connectivity index (χ2n) is 4.46. The number of urea groups is 1. The summed E-state index contributed by atoms with van der Waals surface area (Å²) in [5.74, 6) is -0.885. The van der Waals surface area contributed by atoms with Crippen molar-refractivity contribution >= 4 is 12.0 Å². The Morgan fingerprint density at radius 2 is 1.88 bits per heavy atom. The molecule has 0 bridgehead atoms. The molecular formula is C12H22N2O3. The van der Waals surface area contributed by atoms with Gasteiger partial charge in [-0.25, -0.2) is 9.59 Å². The molecule has 0 aromatic rings. The number of carboxylic acids is 1. The van der Waals surface area contributed by atoms with Gasteiger partial charge in [-0.1, -0.05) is 13.8 Å². The Kier molecular flexibility index (Phi) is 5.25. The zero-order valence-electron chi connectivity index (χ0n) is 10.7. The van der Waals surface area contributed by atoms with Crippen LogP contribution in [0.2, 0.25) is 0 Å². The molecule has 1 heterocycles. The van der Waals surface area contributed by atoms with Crippen LogP contribution >= 0.6 is 0 Å². The van der Waals surface area contributed by atoms with E-state index in [1.165, 1.54) is 4.90 Å². The van der Waals surface area contributed by atoms with E-state index in [1.807, 2.05) is 13.8 Å². The maximum Gasteiger partial charge on any atom is 0.326 e. The fourth-order valence-electron chi connectivity index (χ4n) is 2.28. The van der Waals surface area contributed by atoms with Gasteiger partial charge >= 0.3 is 12.0 Å². The van der Waals surface area contributed by atoms with Crippen LogP contribution in [0.5, 0.6) is 0 Å². The zero-order chi connectivity index (χ0) is 12.8. The SMILES string of the molecule is CCCN(CCC)C(=O)N1CCC[C@@H]1C(=O)O. The number of likely N-dealkylation sites (tertiary alicyclic amines) is 1. The third-order valence-electron chi connectivity index (χ3n) is 3.04. The fraction of sp³-hybridized carbons (Fsp3) is 0.833. The Bertz CT molecular complexity index is 275. The summed E-state index contributed by atoms with van der Waals surface area (Å²) in [4.78, 5) is 26.5. The van der Waals surface area contributed by atoms with Gasteiger partial charge in [-0.15, -0.1) is 0 Å². The second-order valence-corrected chi connectivity index (χ2v) is 4.46. The molecule has 0 unspecified atom stereocenters. The lowest BCUT2D eigenvalue weighted by molar-refractivity contribution is -0.141. The summed E-state index contributed by atoms with van der Waals surface area (Å²) in [6.45, 7) is 6.02. The van der Waals surface area contributed by atoms with Gasteiger partial charge in [-0.2, -0.15) is 0 Å². The minimum atomic E-state index is -0.885. The highest BCUT2D eigenvalue weighted by atomic mass is 16.4. The number of carbonyl (C=O) groups excluding carboxylic acids is 1. The van der Waals surface area contributed by atoms with Gasteiger partial charge in [0.2, 0.25) is 0 Å². The average molecular weight is 242 g/mol. The minimum Gasteiger partial charge on any atom is -0.480 e. The molecule has 0 aromatic carbocycles. The topological polar surface area (TPSA) is 60.9 Å². The third kappa shape index (κ3) is 3.35. The molecule has 17 heavy (non-hydrogen) atoms. The first-order valence-electron chi connectivity index (χ1n) is 6.40. The molecule has 1 atom stereocenters. The molecule has 1 N–H and O–H groups in total. The molecule has 0 aliphatic carbocycles. The third-order valence-corrected chi connectivity index (χ3v) is 3.04. The van der Waals surface area contributed by atoms with Crippen LogP contribution in [0.3, 0.4) is 0 Å². The number of hydrogen-bond donors (Lipinski definition) is 1. The predicted molar refractivity (Wildman–Crippen MR) is 64.9 cm³/mol. The van der Waals surface area contributed by atoms with E-state index in [1.54, 1.807) is 4.90 Å². The van der Waals surface area contributed by atoms with Crippen molar-refractivity contribution in [3.63, 3.8) is 0 Å². The van der Waals surface area contributed by atoms with Crippen molar-refractivity contribution in [3.8, 4) is 0 Å². The van der Waals surface area contributed by atoms with Crippen molar-refractivity contribution in [2.75, 3.05) is 19.6 Å². The number of carboxylic acid groups (broad SMARTS) is 1. The highest BCUT2D eigenvalue weighted by Crippen LogP contribution is 2.19. The Morgan fingerprint density at radius 1 is 1.29 bits per heavy atom. The molecule has 0 radical (unpaired) electrons. The summed E-state index contributed by atoms with van der Waals surface area (Å²) < 4.78 is 0. The van der Waals surface area contributed by atoms with Gasteiger partial charge < -0.3 is 14.9 Å². The molecule has 2 amide bonds. The van der Waals surface area contributed by atoms with Gasteiger partial charge in [0.15, 0.2) is 0 Å². The van der Waals surface area contributed by atoms with Crippen LogP contribution in [0.1, 0.15) is 39.5 Å². The van der Waals surface area contributed by atoms with E-state index < -0.39 is 12.0 Å². The van der Waals surface area contributed by atoms with Crippen molar-refractivity contribution in [3.05, 3.63) is 0 Å². The smallest absolute Gasteiger partial charge is 0.326 e. The lowest BCUT2D eigenvalue weighted by Crippen LogP contribution is -2.48. The normalized spacial score (nSPS) is 19.4. The molecule has 98 valence electrons. The first-order chi connectivity index (χ1) is 8.11. The Morgan fingerprint density at radius 3 is 2.35 bits per heavy atom. The summed E-state index contributed by atoms with van der Waals surface area (Å²) in [6.07, 6.45) is 3.16. The van der Waals surface area contributed by atoms with Crippen molar-refractivity contribution in [2.24, 2.45) is 0 Å². The number of aliphatic carboxylic acids is 1. The highest BCUT2D eigenvalue weighted by molar-refractivity contribution is 5.83. The van der Waals surface area contributed by atoms with Crippen molar-refractivity contribution in [2.45, 2.75) is 45.6 Å². The Labute approximate surface area is 102 Å². The predicted octanol–water partition coefficient (Wildman–Crippen LogP) is 1.78. The lowest BCUT2D eigenvalue weighted by atomic mass is 10.2. The lowest BCUT2D eigenvalue weighted by Gasteiger charge is -2.29. The fourth-order valence-corrected chi connectivity index (χ4v) is 2.28. The standard InChI is InChI=1S/C12H22N2O3/c1-3-7-13(8-4-2)12(17)14-9-5-6-10(14)11(15)16/h10H,3-9H2,1-2H3,(H,15,16)/t10-/m1/s1. The molecule has 1 aliphatic heterocycles. The van der Waals surface area contributed by atoms with E-state index in [4.69, 9.17) is 5.11 Å². The number of nitrogens with zero attached hydrogens (tertiary/aromatic N) is 2. The van der Waals surface area contributed by atoms with Crippen molar-refractivity contribution in [1.82, 2.24) is 9.80 Å². The summed E-state index contributed by atoms with van der Waals surface area (Å²) in [7, 11) is 0. The molecule has 1 aliphatic rings. The van der Waals surface area contributed by atoms with E-state index in [0.717, 1.165) is 19.3 Å². The van der Waals surface area contributed by atoms with Crippen LogP contribution < -0.4 is 0 Å². The summed E-state index contributed by atoms with van der Waals surface area (Å²) in [5.41, 5.74) is 0. The highest BCUT2D eigenvalue weighted by Gasteiger charge is 2.35. The molecule has 0 spiro atoms. The monoisotopic (exact) mass is 242 g/mol. The van der Waals surface area contributed by atoms with Gasteiger partial charge in [-0.05, 0) is 25.7 Å². The summed E-state index contributed by atoms with van der Waals surface area (Å²) in [5, 5.41) is 9.06. The van der Waals surface area contributed by atoms with Crippen LogP contribution in [0.15, 0.2) is 0 Å². The molecule has 1 rings (SSSR count). The van der Waals surface area contributed by atoms with E-state index >= 15 is 0 Å². The van der Waals surface area contributed by atoms with E-state index in [2.05, 4.69) is 0 Å².